The van der Waals surface area contributed by atoms with Crippen LogP contribution in [0.5, 0.6) is 5.88 Å². The lowest BCUT2D eigenvalue weighted by Crippen LogP contribution is -2.46. The van der Waals surface area contributed by atoms with E-state index >= 15 is 0 Å². The van der Waals surface area contributed by atoms with Crippen LogP contribution >= 0.6 is 0 Å². The minimum atomic E-state index is -3.86. The van der Waals surface area contributed by atoms with E-state index in [1.54, 1.807) is 18.3 Å². The molecule has 0 saturated carbocycles. The van der Waals surface area contributed by atoms with Gasteiger partial charge >= 0.3 is 10.1 Å². The maximum Gasteiger partial charge on any atom is 0.307 e. The summed E-state index contributed by atoms with van der Waals surface area (Å²) in [5.41, 5.74) is 1.95. The number of benzene rings is 1. The van der Waals surface area contributed by atoms with Crippen molar-refractivity contribution in [1.82, 2.24) is 15.0 Å². The van der Waals surface area contributed by atoms with Gasteiger partial charge in [-0.1, -0.05) is 38.1 Å². The number of aromatic nitrogens is 3. The SMILES string of the molecule is [C-]#[N+]C1=C[C@@]2(C)c3nc(-c4ccnc5ccccc45)nc(OS(C)(=O)=O)c3CC[C@@H]2[C@@H](C)C1=O. The van der Waals surface area contributed by atoms with Gasteiger partial charge in [0, 0.05) is 34.0 Å². The van der Waals surface area contributed by atoms with Gasteiger partial charge in [0.05, 0.1) is 24.0 Å². The molecular formula is C25H22N4O4S. The third-order valence-corrected chi connectivity index (χ3v) is 7.36. The lowest BCUT2D eigenvalue weighted by molar-refractivity contribution is -0.121. The predicted octanol–water partition coefficient (Wildman–Crippen LogP) is 3.87. The van der Waals surface area contributed by atoms with Crippen LogP contribution in [-0.4, -0.2) is 35.4 Å². The van der Waals surface area contributed by atoms with E-state index in [1.165, 1.54) is 0 Å². The summed E-state index contributed by atoms with van der Waals surface area (Å²) in [5.74, 6) is -0.304. The Morgan fingerprint density at radius 3 is 2.71 bits per heavy atom. The van der Waals surface area contributed by atoms with Crippen LogP contribution in [0.25, 0.3) is 27.1 Å². The predicted molar refractivity (Wildman–Crippen MR) is 126 cm³/mol. The number of hydrogen-bond acceptors (Lipinski definition) is 7. The highest BCUT2D eigenvalue weighted by molar-refractivity contribution is 7.86. The van der Waals surface area contributed by atoms with Crippen LogP contribution < -0.4 is 4.18 Å². The van der Waals surface area contributed by atoms with E-state index in [2.05, 4.69) is 14.8 Å². The van der Waals surface area contributed by atoms with Gasteiger partial charge < -0.3 is 8.98 Å². The quantitative estimate of drug-likeness (QED) is 0.419. The number of ketones is 1. The minimum absolute atomic E-state index is 0.00890. The Balaban J connectivity index is 1.82. The standard InChI is InChI=1S/C25H22N4O4S/c1-14-18-10-9-17-22(25(18,2)13-20(26-3)21(14)30)28-23(29-24(17)33-34(4,31)32)16-11-12-27-19-8-6-5-7-15(16)19/h5-8,11-14,18H,9-10H2,1-2,4H3/t14-,18-,25-/m1/s1. The highest BCUT2D eigenvalue weighted by atomic mass is 32.2. The summed E-state index contributed by atoms with van der Waals surface area (Å²) in [6.45, 7) is 11.3. The van der Waals surface area contributed by atoms with E-state index in [-0.39, 0.29) is 29.2 Å². The Hall–Kier alpha value is -3.64. The van der Waals surface area contributed by atoms with E-state index in [0.717, 1.165) is 17.2 Å². The molecule has 9 heteroatoms. The Bertz CT molecular complexity index is 1530. The number of fused-ring (bicyclic) bond motifs is 4. The summed E-state index contributed by atoms with van der Waals surface area (Å²) >= 11 is 0. The van der Waals surface area contributed by atoms with Crippen LogP contribution in [0, 0.1) is 18.4 Å². The summed E-state index contributed by atoms with van der Waals surface area (Å²) in [7, 11) is -3.86. The lowest BCUT2D eigenvalue weighted by atomic mass is 9.58. The van der Waals surface area contributed by atoms with Gasteiger partial charge in [-0.05, 0) is 30.9 Å². The van der Waals surface area contributed by atoms with Crippen molar-refractivity contribution in [3.63, 3.8) is 0 Å². The number of rotatable bonds is 3. The number of nitrogens with zero attached hydrogens (tertiary/aromatic N) is 4. The molecule has 8 nitrogen and oxygen atoms in total. The van der Waals surface area contributed by atoms with Gasteiger partial charge in [-0.2, -0.15) is 13.4 Å². The number of allylic oxidation sites excluding steroid dienone is 2. The monoisotopic (exact) mass is 474 g/mol. The van der Waals surface area contributed by atoms with E-state index in [9.17, 15) is 13.2 Å². The molecular weight excluding hydrogens is 452 g/mol. The molecule has 2 heterocycles. The summed E-state index contributed by atoms with van der Waals surface area (Å²) in [6.07, 6.45) is 5.42. The maximum atomic E-state index is 12.7. The molecule has 172 valence electrons. The molecule has 0 N–H and O–H groups in total. The second kappa shape index (κ2) is 7.71. The molecule has 0 spiro atoms. The van der Waals surface area contributed by atoms with Crippen molar-refractivity contribution in [2.75, 3.05) is 6.26 Å². The number of carbonyl (C=O) groups excluding carboxylic acids is 1. The molecule has 0 radical (unpaired) electrons. The molecule has 0 fully saturated rings. The molecule has 5 rings (SSSR count). The van der Waals surface area contributed by atoms with E-state index in [4.69, 9.17) is 15.7 Å². The van der Waals surface area contributed by atoms with E-state index in [0.29, 0.717) is 35.5 Å². The average Bonchev–Trinajstić information content (AvgIpc) is 2.80. The molecule has 2 aromatic heterocycles. The maximum absolute atomic E-state index is 12.7. The molecule has 0 aliphatic heterocycles. The largest absolute Gasteiger partial charge is 0.361 e. The van der Waals surface area contributed by atoms with Crippen LogP contribution in [0.1, 0.15) is 31.5 Å². The van der Waals surface area contributed by atoms with Crippen molar-refractivity contribution in [2.45, 2.75) is 32.1 Å². The number of carbonyl (C=O) groups is 1. The van der Waals surface area contributed by atoms with Gasteiger partial charge in [-0.15, -0.1) is 0 Å². The topological polar surface area (TPSA) is 103 Å². The lowest BCUT2D eigenvalue weighted by Gasteiger charge is -2.45. The van der Waals surface area contributed by atoms with Crippen LogP contribution in [-0.2, 0) is 26.7 Å². The Morgan fingerprint density at radius 1 is 1.21 bits per heavy atom. The van der Waals surface area contributed by atoms with Crippen molar-refractivity contribution < 1.29 is 17.4 Å². The second-order valence-corrected chi connectivity index (χ2v) is 10.6. The third-order valence-electron chi connectivity index (χ3n) is 6.90. The van der Waals surface area contributed by atoms with Gasteiger partial charge in [0.25, 0.3) is 0 Å². The van der Waals surface area contributed by atoms with Gasteiger partial charge in [-0.3, -0.25) is 4.98 Å². The van der Waals surface area contributed by atoms with Crippen molar-refractivity contribution in [2.24, 2.45) is 11.8 Å². The first-order chi connectivity index (χ1) is 16.1. The van der Waals surface area contributed by atoms with Crippen LogP contribution in [0.4, 0.5) is 0 Å². The molecule has 0 saturated heterocycles. The summed E-state index contributed by atoms with van der Waals surface area (Å²) in [4.78, 5) is 30.1. The number of Topliss-reactive ketones (excluding diaryl/α,β-unsaturated/α-hetero) is 1. The highest BCUT2D eigenvalue weighted by Gasteiger charge is 2.50. The Labute approximate surface area is 197 Å². The Kier molecular flexibility index (Phi) is 5.02. The van der Waals surface area contributed by atoms with E-state index in [1.807, 2.05) is 38.1 Å². The van der Waals surface area contributed by atoms with Gasteiger partial charge in [0.2, 0.25) is 11.6 Å². The number of para-hydroxylation sites is 1. The fraction of sp³-hybridized carbons (Fsp3) is 0.320. The van der Waals surface area contributed by atoms with Crippen molar-refractivity contribution in [1.29, 1.82) is 0 Å². The molecule has 0 unspecified atom stereocenters. The molecule has 0 amide bonds. The molecule has 2 aliphatic rings. The number of pyridine rings is 1. The van der Waals surface area contributed by atoms with Gasteiger partial charge in [0.1, 0.15) is 0 Å². The van der Waals surface area contributed by atoms with Crippen molar-refractivity contribution >= 4 is 26.8 Å². The normalized spacial score (nSPS) is 24.1. The third kappa shape index (κ3) is 3.46. The fourth-order valence-corrected chi connectivity index (χ4v) is 5.76. The van der Waals surface area contributed by atoms with Crippen LogP contribution in [0.2, 0.25) is 0 Å². The van der Waals surface area contributed by atoms with Crippen molar-refractivity contribution in [3.8, 4) is 17.3 Å². The fourth-order valence-electron chi connectivity index (χ4n) is 5.34. The first kappa shape index (κ1) is 22.2. The van der Waals surface area contributed by atoms with Crippen LogP contribution in [0.3, 0.4) is 0 Å². The molecule has 0 bridgehead atoms. The average molecular weight is 475 g/mol. The zero-order valence-electron chi connectivity index (χ0n) is 18.9. The molecule has 1 aromatic carbocycles. The molecule has 3 aromatic rings. The van der Waals surface area contributed by atoms with Gasteiger partial charge in [-0.25, -0.2) is 9.83 Å². The zero-order valence-corrected chi connectivity index (χ0v) is 19.8. The summed E-state index contributed by atoms with van der Waals surface area (Å²) in [6, 6.07) is 9.33. The first-order valence-electron chi connectivity index (χ1n) is 10.9. The smallest absolute Gasteiger partial charge is 0.307 e. The van der Waals surface area contributed by atoms with Crippen molar-refractivity contribution in [3.05, 3.63) is 71.0 Å². The Morgan fingerprint density at radius 2 is 1.97 bits per heavy atom. The molecule has 34 heavy (non-hydrogen) atoms. The highest BCUT2D eigenvalue weighted by Crippen LogP contribution is 2.51. The van der Waals surface area contributed by atoms with Crippen LogP contribution in [0.15, 0.2) is 48.3 Å². The summed E-state index contributed by atoms with van der Waals surface area (Å²) < 4.78 is 29.6. The van der Waals surface area contributed by atoms with Gasteiger partial charge in [0.15, 0.2) is 11.6 Å². The molecule has 2 aliphatic carbocycles. The van der Waals surface area contributed by atoms with E-state index < -0.39 is 15.5 Å². The second-order valence-electron chi connectivity index (χ2n) is 9.06. The summed E-state index contributed by atoms with van der Waals surface area (Å²) in [5, 5.41) is 0.817. The molecule has 3 atom stereocenters. The zero-order chi connectivity index (χ0) is 24.3. The number of hydrogen-bond donors (Lipinski definition) is 0. The first-order valence-corrected chi connectivity index (χ1v) is 12.7. The minimum Gasteiger partial charge on any atom is -0.361 e.